The van der Waals surface area contributed by atoms with Crippen LogP contribution >= 0.6 is 0 Å². The highest BCUT2D eigenvalue weighted by molar-refractivity contribution is 5.35. The van der Waals surface area contributed by atoms with E-state index in [1.54, 1.807) is 0 Å². The Morgan fingerprint density at radius 3 is 1.25 bits per heavy atom. The molecule has 0 unspecified atom stereocenters. The summed E-state index contributed by atoms with van der Waals surface area (Å²) < 4.78 is 0. The molecule has 0 bridgehead atoms. The van der Waals surface area contributed by atoms with Crippen LogP contribution in [0.3, 0.4) is 0 Å². The monoisotopic (exact) mass is 215 g/mol. The van der Waals surface area contributed by atoms with E-state index >= 15 is 0 Å². The third-order valence-corrected chi connectivity index (χ3v) is 2.50. The highest BCUT2D eigenvalue weighted by Gasteiger charge is 2.23. The molecule has 84 valence electrons. The van der Waals surface area contributed by atoms with Crippen LogP contribution in [0, 0.1) is 0 Å². The van der Waals surface area contributed by atoms with Crippen LogP contribution in [-0.2, 0) is 5.66 Å². The molecule has 0 aromatic heterocycles. The highest BCUT2D eigenvalue weighted by atomic mass is 15.0. The van der Waals surface area contributed by atoms with Crippen molar-refractivity contribution in [3.63, 3.8) is 0 Å². The molecule has 0 heterocycles. The summed E-state index contributed by atoms with van der Waals surface area (Å²) >= 11 is 0. The van der Waals surface area contributed by atoms with E-state index in [0.29, 0.717) is 0 Å². The van der Waals surface area contributed by atoms with E-state index in [1.807, 2.05) is 60.7 Å². The summed E-state index contributed by atoms with van der Waals surface area (Å²) in [5.74, 6) is 0. The molecular formula is C13H17N3. The minimum Gasteiger partial charge on any atom is -0.344 e. The molecule has 2 aromatic carbocycles. The lowest BCUT2D eigenvalue weighted by Crippen LogP contribution is -2.46. The summed E-state index contributed by atoms with van der Waals surface area (Å²) in [6, 6.07) is 19.4. The van der Waals surface area contributed by atoms with Gasteiger partial charge in [-0.25, -0.2) is 0 Å². The first-order chi connectivity index (χ1) is 7.21. The normalized spacial score (nSPS) is 10.6. The van der Waals surface area contributed by atoms with Gasteiger partial charge in [-0.2, -0.15) is 0 Å². The molecule has 0 aliphatic rings. The van der Waals surface area contributed by atoms with Crippen molar-refractivity contribution in [2.45, 2.75) is 5.66 Å². The van der Waals surface area contributed by atoms with Crippen molar-refractivity contribution in [1.29, 1.82) is 0 Å². The van der Waals surface area contributed by atoms with Crippen molar-refractivity contribution in [2.24, 2.45) is 11.5 Å². The van der Waals surface area contributed by atoms with Gasteiger partial charge in [0.1, 0.15) is 5.66 Å². The van der Waals surface area contributed by atoms with E-state index in [4.69, 9.17) is 11.5 Å². The molecule has 0 saturated carbocycles. The summed E-state index contributed by atoms with van der Waals surface area (Å²) in [4.78, 5) is 0. The molecule has 0 aliphatic heterocycles. The first kappa shape index (κ1) is 12.4. The van der Waals surface area contributed by atoms with Crippen LogP contribution in [0.25, 0.3) is 0 Å². The lowest BCUT2D eigenvalue weighted by molar-refractivity contribution is 0.567. The molecule has 2 rings (SSSR count). The van der Waals surface area contributed by atoms with Gasteiger partial charge < -0.3 is 17.6 Å². The van der Waals surface area contributed by atoms with Crippen molar-refractivity contribution in [1.82, 2.24) is 6.15 Å². The van der Waals surface area contributed by atoms with E-state index in [2.05, 4.69) is 0 Å². The van der Waals surface area contributed by atoms with Crippen molar-refractivity contribution < 1.29 is 0 Å². The molecule has 0 radical (unpaired) electrons. The SMILES string of the molecule is N.NC(N)(c1ccccc1)c1ccccc1. The molecule has 2 aromatic rings. The Hall–Kier alpha value is -1.68. The maximum Gasteiger partial charge on any atom is 0.116 e. The Labute approximate surface area is 95.7 Å². The second-order valence-electron chi connectivity index (χ2n) is 3.60. The zero-order chi connectivity index (χ0) is 10.7. The van der Waals surface area contributed by atoms with Gasteiger partial charge in [0.05, 0.1) is 0 Å². The summed E-state index contributed by atoms with van der Waals surface area (Å²) in [5.41, 5.74) is 13.2. The van der Waals surface area contributed by atoms with Crippen LogP contribution in [0.1, 0.15) is 11.1 Å². The summed E-state index contributed by atoms with van der Waals surface area (Å²) in [5, 5.41) is 0. The van der Waals surface area contributed by atoms with Gasteiger partial charge in [0, 0.05) is 0 Å². The molecule has 0 aliphatic carbocycles. The maximum absolute atomic E-state index is 6.14. The van der Waals surface area contributed by atoms with E-state index in [-0.39, 0.29) is 6.15 Å². The van der Waals surface area contributed by atoms with Crippen LogP contribution in [0.2, 0.25) is 0 Å². The van der Waals surface area contributed by atoms with Gasteiger partial charge in [-0.1, -0.05) is 60.7 Å². The van der Waals surface area contributed by atoms with Crippen molar-refractivity contribution in [3.8, 4) is 0 Å². The minimum absolute atomic E-state index is 0. The van der Waals surface area contributed by atoms with Gasteiger partial charge in [-0.15, -0.1) is 0 Å². The second-order valence-corrected chi connectivity index (χ2v) is 3.60. The van der Waals surface area contributed by atoms with Crippen LogP contribution in [-0.4, -0.2) is 0 Å². The average molecular weight is 215 g/mol. The number of benzene rings is 2. The van der Waals surface area contributed by atoms with Crippen LogP contribution < -0.4 is 17.6 Å². The Bertz CT molecular complexity index is 382. The minimum atomic E-state index is -0.914. The fourth-order valence-electron chi connectivity index (χ4n) is 1.59. The van der Waals surface area contributed by atoms with Crippen LogP contribution in [0.15, 0.2) is 60.7 Å². The standard InChI is InChI=1S/C13H14N2.H3N/c14-13(15,11-7-3-1-4-8-11)12-9-5-2-6-10-12;/h1-10H,14-15H2;1H3. The Morgan fingerprint density at radius 1 is 0.625 bits per heavy atom. The van der Waals surface area contributed by atoms with E-state index in [1.165, 1.54) is 0 Å². The predicted molar refractivity (Wildman–Crippen MR) is 67.1 cm³/mol. The summed E-state index contributed by atoms with van der Waals surface area (Å²) in [7, 11) is 0. The first-order valence-corrected chi connectivity index (χ1v) is 4.90. The molecule has 7 N–H and O–H groups in total. The lowest BCUT2D eigenvalue weighted by Gasteiger charge is -2.25. The maximum atomic E-state index is 6.14. The van der Waals surface area contributed by atoms with Crippen molar-refractivity contribution in [2.75, 3.05) is 0 Å². The van der Waals surface area contributed by atoms with Crippen molar-refractivity contribution >= 4 is 0 Å². The molecule has 0 saturated heterocycles. The fraction of sp³-hybridized carbons (Fsp3) is 0.0769. The molecule has 0 atom stereocenters. The third-order valence-electron chi connectivity index (χ3n) is 2.50. The van der Waals surface area contributed by atoms with Crippen LogP contribution in [0.5, 0.6) is 0 Å². The molecule has 0 fully saturated rings. The van der Waals surface area contributed by atoms with Gasteiger partial charge in [0.15, 0.2) is 0 Å². The van der Waals surface area contributed by atoms with Gasteiger partial charge in [-0.3, -0.25) is 0 Å². The largest absolute Gasteiger partial charge is 0.344 e. The molecular weight excluding hydrogens is 198 g/mol. The smallest absolute Gasteiger partial charge is 0.116 e. The van der Waals surface area contributed by atoms with Gasteiger partial charge in [0.25, 0.3) is 0 Å². The van der Waals surface area contributed by atoms with Gasteiger partial charge in [-0.05, 0) is 11.1 Å². The lowest BCUT2D eigenvalue weighted by atomic mass is 9.93. The topological polar surface area (TPSA) is 87.0 Å². The number of hydrogen-bond donors (Lipinski definition) is 3. The zero-order valence-electron chi connectivity index (χ0n) is 9.14. The number of hydrogen-bond acceptors (Lipinski definition) is 3. The summed E-state index contributed by atoms with van der Waals surface area (Å²) in [6.07, 6.45) is 0. The van der Waals surface area contributed by atoms with E-state index in [9.17, 15) is 0 Å². The summed E-state index contributed by atoms with van der Waals surface area (Å²) in [6.45, 7) is 0. The molecule has 16 heavy (non-hydrogen) atoms. The Kier molecular flexibility index (Phi) is 3.79. The number of rotatable bonds is 2. The van der Waals surface area contributed by atoms with Gasteiger partial charge >= 0.3 is 0 Å². The first-order valence-electron chi connectivity index (χ1n) is 4.90. The molecule has 0 amide bonds. The van der Waals surface area contributed by atoms with Crippen LogP contribution in [0.4, 0.5) is 0 Å². The zero-order valence-corrected chi connectivity index (χ0v) is 9.14. The Morgan fingerprint density at radius 2 is 0.938 bits per heavy atom. The van der Waals surface area contributed by atoms with Crippen molar-refractivity contribution in [3.05, 3.63) is 71.8 Å². The molecule has 0 spiro atoms. The quantitative estimate of drug-likeness (QED) is 0.669. The van der Waals surface area contributed by atoms with E-state index in [0.717, 1.165) is 11.1 Å². The second kappa shape index (κ2) is 4.90. The number of nitrogens with two attached hydrogens (primary N) is 2. The Balaban J connectivity index is 0.00000128. The fourth-order valence-corrected chi connectivity index (χ4v) is 1.59. The average Bonchev–Trinajstić information content (AvgIpc) is 2.31. The predicted octanol–water partition coefficient (Wildman–Crippen LogP) is 1.97. The van der Waals surface area contributed by atoms with E-state index < -0.39 is 5.66 Å². The highest BCUT2D eigenvalue weighted by Crippen LogP contribution is 2.20. The van der Waals surface area contributed by atoms with Gasteiger partial charge in [0.2, 0.25) is 0 Å². The third kappa shape index (κ3) is 2.28. The molecule has 3 heteroatoms. The molecule has 3 nitrogen and oxygen atoms in total.